The summed E-state index contributed by atoms with van der Waals surface area (Å²) in [6.07, 6.45) is 2.25. The van der Waals surface area contributed by atoms with Crippen molar-refractivity contribution in [3.63, 3.8) is 0 Å². The molecule has 3 aromatic heterocycles. The SMILES string of the molecule is Cc1nc(-c2cc(-c3cnn(C)c3C)on2)n(C2CCS(=O)(=O)C2)n1. The first-order chi connectivity index (χ1) is 11.8. The van der Waals surface area contributed by atoms with Crippen LogP contribution in [0.15, 0.2) is 16.8 Å². The second-order valence-corrected chi connectivity index (χ2v) is 8.56. The van der Waals surface area contributed by atoms with Crippen molar-refractivity contribution < 1.29 is 12.9 Å². The van der Waals surface area contributed by atoms with E-state index in [1.807, 2.05) is 14.0 Å². The zero-order chi connectivity index (χ0) is 17.8. The van der Waals surface area contributed by atoms with Crippen LogP contribution in [0.5, 0.6) is 0 Å². The molecule has 9 nitrogen and oxygen atoms in total. The van der Waals surface area contributed by atoms with Crippen molar-refractivity contribution in [2.75, 3.05) is 11.5 Å². The largest absolute Gasteiger partial charge is 0.355 e. The number of nitrogens with zero attached hydrogens (tertiary/aromatic N) is 6. The van der Waals surface area contributed by atoms with E-state index in [1.54, 1.807) is 28.6 Å². The molecule has 0 N–H and O–H groups in total. The van der Waals surface area contributed by atoms with Gasteiger partial charge in [-0.1, -0.05) is 5.16 Å². The van der Waals surface area contributed by atoms with Crippen LogP contribution in [0.3, 0.4) is 0 Å². The van der Waals surface area contributed by atoms with Crippen LogP contribution in [0.25, 0.3) is 22.8 Å². The van der Waals surface area contributed by atoms with Crippen LogP contribution in [0, 0.1) is 13.8 Å². The molecule has 1 aliphatic rings. The minimum Gasteiger partial charge on any atom is -0.355 e. The van der Waals surface area contributed by atoms with Crippen LogP contribution >= 0.6 is 0 Å². The Morgan fingerprint density at radius 3 is 2.76 bits per heavy atom. The highest BCUT2D eigenvalue weighted by Gasteiger charge is 2.32. The molecular formula is C15H18N6O3S. The molecule has 0 saturated carbocycles. The summed E-state index contributed by atoms with van der Waals surface area (Å²) in [5, 5.41) is 12.7. The second kappa shape index (κ2) is 5.51. The molecule has 1 aliphatic heterocycles. The van der Waals surface area contributed by atoms with Gasteiger partial charge in [0, 0.05) is 18.8 Å². The summed E-state index contributed by atoms with van der Waals surface area (Å²) in [5.41, 5.74) is 2.35. The van der Waals surface area contributed by atoms with E-state index >= 15 is 0 Å². The number of rotatable bonds is 3. The Hall–Kier alpha value is -2.49. The van der Waals surface area contributed by atoms with E-state index in [0.29, 0.717) is 29.5 Å². The Morgan fingerprint density at radius 2 is 2.12 bits per heavy atom. The number of sulfone groups is 1. The number of hydrogen-bond acceptors (Lipinski definition) is 7. The summed E-state index contributed by atoms with van der Waals surface area (Å²) in [4.78, 5) is 4.42. The normalized spacial score (nSPS) is 19.6. The molecule has 0 amide bonds. The summed E-state index contributed by atoms with van der Waals surface area (Å²) in [7, 11) is -1.16. The van der Waals surface area contributed by atoms with E-state index in [1.165, 1.54) is 0 Å². The molecular weight excluding hydrogens is 344 g/mol. The van der Waals surface area contributed by atoms with Crippen molar-refractivity contribution in [3.05, 3.63) is 23.8 Å². The van der Waals surface area contributed by atoms with Gasteiger partial charge in [-0.15, -0.1) is 0 Å². The molecule has 1 unspecified atom stereocenters. The number of aromatic nitrogens is 6. The Balaban J connectivity index is 1.73. The first-order valence-electron chi connectivity index (χ1n) is 7.94. The fourth-order valence-electron chi connectivity index (χ4n) is 3.08. The van der Waals surface area contributed by atoms with Crippen LogP contribution in [-0.4, -0.2) is 49.6 Å². The summed E-state index contributed by atoms with van der Waals surface area (Å²) >= 11 is 0. The highest BCUT2D eigenvalue weighted by atomic mass is 32.2. The molecule has 4 rings (SSSR count). The summed E-state index contributed by atoms with van der Waals surface area (Å²) in [6, 6.07) is 1.56. The molecule has 1 fully saturated rings. The maximum absolute atomic E-state index is 11.8. The van der Waals surface area contributed by atoms with Crippen LogP contribution in [0.4, 0.5) is 0 Å². The lowest BCUT2D eigenvalue weighted by atomic mass is 10.2. The summed E-state index contributed by atoms with van der Waals surface area (Å²) in [5.74, 6) is 1.94. The maximum atomic E-state index is 11.8. The van der Waals surface area contributed by atoms with Gasteiger partial charge in [-0.2, -0.15) is 10.2 Å². The third-order valence-electron chi connectivity index (χ3n) is 4.53. The van der Waals surface area contributed by atoms with E-state index in [2.05, 4.69) is 20.3 Å². The van der Waals surface area contributed by atoms with Gasteiger partial charge in [-0.3, -0.25) is 4.68 Å². The first kappa shape index (κ1) is 16.0. The van der Waals surface area contributed by atoms with E-state index in [0.717, 1.165) is 11.3 Å². The molecule has 0 spiro atoms. The van der Waals surface area contributed by atoms with Gasteiger partial charge in [0.05, 0.1) is 29.3 Å². The van der Waals surface area contributed by atoms with Crippen molar-refractivity contribution in [1.29, 1.82) is 0 Å². The van der Waals surface area contributed by atoms with Gasteiger partial charge in [0.15, 0.2) is 27.1 Å². The fraction of sp³-hybridized carbons (Fsp3) is 0.467. The molecule has 132 valence electrons. The zero-order valence-corrected chi connectivity index (χ0v) is 15.0. The lowest BCUT2D eigenvalue weighted by Crippen LogP contribution is -2.14. The highest BCUT2D eigenvalue weighted by Crippen LogP contribution is 2.31. The van der Waals surface area contributed by atoms with E-state index < -0.39 is 9.84 Å². The molecule has 25 heavy (non-hydrogen) atoms. The Morgan fingerprint density at radius 1 is 1.32 bits per heavy atom. The van der Waals surface area contributed by atoms with Crippen LogP contribution in [0.1, 0.15) is 24.0 Å². The molecule has 0 aliphatic carbocycles. The smallest absolute Gasteiger partial charge is 0.180 e. The summed E-state index contributed by atoms with van der Waals surface area (Å²) < 4.78 is 32.5. The van der Waals surface area contributed by atoms with Crippen LogP contribution < -0.4 is 0 Å². The van der Waals surface area contributed by atoms with Gasteiger partial charge in [-0.25, -0.2) is 18.1 Å². The van der Waals surface area contributed by atoms with Gasteiger partial charge in [0.1, 0.15) is 5.82 Å². The van der Waals surface area contributed by atoms with Crippen molar-refractivity contribution in [2.45, 2.75) is 26.3 Å². The topological polar surface area (TPSA) is 109 Å². The fourth-order valence-corrected chi connectivity index (χ4v) is 4.77. The van der Waals surface area contributed by atoms with Gasteiger partial charge in [0.2, 0.25) is 0 Å². The van der Waals surface area contributed by atoms with Crippen LogP contribution in [0.2, 0.25) is 0 Å². The lowest BCUT2D eigenvalue weighted by Gasteiger charge is -2.09. The molecule has 1 saturated heterocycles. The monoisotopic (exact) mass is 362 g/mol. The van der Waals surface area contributed by atoms with Crippen LogP contribution in [-0.2, 0) is 16.9 Å². The van der Waals surface area contributed by atoms with Gasteiger partial charge in [-0.05, 0) is 20.3 Å². The number of hydrogen-bond donors (Lipinski definition) is 0. The van der Waals surface area contributed by atoms with E-state index in [9.17, 15) is 8.42 Å². The minimum absolute atomic E-state index is 0.0786. The third kappa shape index (κ3) is 2.76. The number of aryl methyl sites for hydroxylation is 2. The Labute approximate surface area is 144 Å². The average Bonchev–Trinajstić information content (AvgIpc) is 3.29. The molecule has 0 bridgehead atoms. The Bertz CT molecular complexity index is 1050. The van der Waals surface area contributed by atoms with Gasteiger partial charge >= 0.3 is 0 Å². The second-order valence-electron chi connectivity index (χ2n) is 6.33. The minimum atomic E-state index is -3.02. The third-order valence-corrected chi connectivity index (χ3v) is 6.28. The first-order valence-corrected chi connectivity index (χ1v) is 9.76. The lowest BCUT2D eigenvalue weighted by molar-refractivity contribution is 0.431. The maximum Gasteiger partial charge on any atom is 0.180 e. The predicted molar refractivity (Wildman–Crippen MR) is 89.5 cm³/mol. The molecule has 4 heterocycles. The average molecular weight is 362 g/mol. The quantitative estimate of drug-likeness (QED) is 0.691. The summed E-state index contributed by atoms with van der Waals surface area (Å²) in [6.45, 7) is 3.72. The van der Waals surface area contributed by atoms with E-state index in [-0.39, 0.29) is 17.5 Å². The van der Waals surface area contributed by atoms with Gasteiger partial charge in [0.25, 0.3) is 0 Å². The molecule has 0 radical (unpaired) electrons. The standard InChI is InChI=1S/C15H18N6O3S/c1-9-12(7-16-20(9)3)14-6-13(19-24-14)15-17-10(2)18-21(15)11-4-5-25(22,23)8-11/h6-7,11H,4-5,8H2,1-3H3. The molecule has 10 heteroatoms. The van der Waals surface area contributed by atoms with Crippen molar-refractivity contribution >= 4 is 9.84 Å². The molecule has 1 atom stereocenters. The van der Waals surface area contributed by atoms with E-state index in [4.69, 9.17) is 4.52 Å². The highest BCUT2D eigenvalue weighted by molar-refractivity contribution is 7.91. The van der Waals surface area contributed by atoms with Crippen molar-refractivity contribution in [2.24, 2.45) is 7.05 Å². The van der Waals surface area contributed by atoms with Crippen molar-refractivity contribution in [1.82, 2.24) is 29.7 Å². The molecule has 3 aromatic rings. The Kier molecular flexibility index (Phi) is 3.53. The van der Waals surface area contributed by atoms with Crippen molar-refractivity contribution in [3.8, 4) is 22.8 Å². The zero-order valence-electron chi connectivity index (χ0n) is 14.2. The predicted octanol–water partition coefficient (Wildman–Crippen LogP) is 1.31. The van der Waals surface area contributed by atoms with Gasteiger partial charge < -0.3 is 4.52 Å². The molecule has 0 aromatic carbocycles.